The molecule has 2 aromatic carbocycles. The molecule has 2 amide bonds. The topological polar surface area (TPSA) is 105 Å². The second-order valence-electron chi connectivity index (χ2n) is 9.78. The van der Waals surface area contributed by atoms with Crippen LogP contribution in [0.3, 0.4) is 0 Å². The van der Waals surface area contributed by atoms with E-state index < -0.39 is 12.1 Å². The fourth-order valence-corrected chi connectivity index (χ4v) is 4.89. The molecule has 0 radical (unpaired) electrons. The van der Waals surface area contributed by atoms with Gasteiger partial charge in [-0.15, -0.1) is 0 Å². The van der Waals surface area contributed by atoms with E-state index in [0.717, 1.165) is 30.4 Å². The van der Waals surface area contributed by atoms with E-state index in [0.29, 0.717) is 18.8 Å². The van der Waals surface area contributed by atoms with Gasteiger partial charge in [-0.05, 0) is 54.4 Å². The number of carbonyl (C=O) groups is 3. The maximum atomic E-state index is 12.8. The summed E-state index contributed by atoms with van der Waals surface area (Å²) < 4.78 is 5.61. The van der Waals surface area contributed by atoms with Crippen molar-refractivity contribution < 1.29 is 24.2 Å². The van der Waals surface area contributed by atoms with Crippen molar-refractivity contribution in [1.82, 2.24) is 10.6 Å². The lowest BCUT2D eigenvalue weighted by Gasteiger charge is -2.21. The van der Waals surface area contributed by atoms with Gasteiger partial charge < -0.3 is 20.5 Å². The van der Waals surface area contributed by atoms with E-state index in [1.165, 1.54) is 11.1 Å². The Morgan fingerprint density at radius 1 is 1.03 bits per heavy atom. The van der Waals surface area contributed by atoms with Crippen molar-refractivity contribution in [3.63, 3.8) is 0 Å². The van der Waals surface area contributed by atoms with Gasteiger partial charge in [0.05, 0.1) is 5.92 Å². The zero-order valence-electron chi connectivity index (χ0n) is 20.2. The van der Waals surface area contributed by atoms with E-state index in [1.54, 1.807) is 0 Å². The minimum Gasteiger partial charge on any atom is -0.481 e. The Kier molecular flexibility index (Phi) is 8.06. The number of carbonyl (C=O) groups excluding carboxylic acids is 2. The van der Waals surface area contributed by atoms with Gasteiger partial charge in [0.1, 0.15) is 6.61 Å². The average molecular weight is 479 g/mol. The number of rotatable bonds is 12. The van der Waals surface area contributed by atoms with Crippen LogP contribution in [0.5, 0.6) is 0 Å². The van der Waals surface area contributed by atoms with Gasteiger partial charge in [-0.3, -0.25) is 9.59 Å². The summed E-state index contributed by atoms with van der Waals surface area (Å²) in [4.78, 5) is 36.1. The summed E-state index contributed by atoms with van der Waals surface area (Å²) in [6, 6.07) is 16.3. The van der Waals surface area contributed by atoms with Crippen LogP contribution in [0.25, 0.3) is 11.1 Å². The molecule has 186 valence electrons. The molecule has 7 heteroatoms. The number of alkyl carbamates (subject to hydrolysis) is 1. The number of carboxylic acid groups (broad SMARTS) is 1. The molecule has 3 N–H and O–H groups in total. The monoisotopic (exact) mass is 478 g/mol. The molecule has 1 fully saturated rings. The molecule has 35 heavy (non-hydrogen) atoms. The van der Waals surface area contributed by atoms with Gasteiger partial charge in [0.15, 0.2) is 0 Å². The first-order chi connectivity index (χ1) is 16.9. The molecule has 7 nitrogen and oxygen atoms in total. The molecule has 2 atom stereocenters. The Hall–Kier alpha value is -3.35. The van der Waals surface area contributed by atoms with Gasteiger partial charge in [0, 0.05) is 24.9 Å². The third-order valence-electron chi connectivity index (χ3n) is 6.94. The quantitative estimate of drug-likeness (QED) is 0.410. The largest absolute Gasteiger partial charge is 0.481 e. The van der Waals surface area contributed by atoms with Crippen molar-refractivity contribution in [3.8, 4) is 11.1 Å². The fourth-order valence-electron chi connectivity index (χ4n) is 4.89. The zero-order valence-corrected chi connectivity index (χ0v) is 20.2. The molecule has 0 heterocycles. The Labute approximate surface area is 206 Å². The SMILES string of the molecule is CC(CCCC(=O)O)NC(=O)C(CNC(=O)OCC1c2ccccc2-c2ccccc21)CC1CC1. The minimum atomic E-state index is -0.831. The standard InChI is InChI=1S/C28H34N2O5/c1-18(7-6-12-26(31)32)30-27(33)20(15-19-13-14-19)16-29-28(34)35-17-25-23-10-4-2-8-21(23)22-9-3-5-11-24(22)25/h2-5,8-11,18-20,25H,6-7,12-17H2,1H3,(H,29,34)(H,30,33)(H,31,32). The highest BCUT2D eigenvalue weighted by Gasteiger charge is 2.31. The summed E-state index contributed by atoms with van der Waals surface area (Å²) in [5.74, 6) is -0.742. The van der Waals surface area contributed by atoms with E-state index in [1.807, 2.05) is 31.2 Å². The highest BCUT2D eigenvalue weighted by atomic mass is 16.5. The molecule has 2 aliphatic carbocycles. The van der Waals surface area contributed by atoms with Gasteiger partial charge in [0.25, 0.3) is 0 Å². The van der Waals surface area contributed by atoms with Gasteiger partial charge in [-0.1, -0.05) is 61.4 Å². The van der Waals surface area contributed by atoms with E-state index >= 15 is 0 Å². The highest BCUT2D eigenvalue weighted by Crippen LogP contribution is 2.44. The van der Waals surface area contributed by atoms with Crippen LogP contribution < -0.4 is 10.6 Å². The molecule has 1 saturated carbocycles. The molecular weight excluding hydrogens is 444 g/mol. The van der Waals surface area contributed by atoms with Crippen LogP contribution >= 0.6 is 0 Å². The summed E-state index contributed by atoms with van der Waals surface area (Å²) in [7, 11) is 0. The molecule has 2 unspecified atom stereocenters. The van der Waals surface area contributed by atoms with Crippen LogP contribution in [0.4, 0.5) is 4.79 Å². The van der Waals surface area contributed by atoms with Crippen LogP contribution in [0.1, 0.15) is 62.5 Å². The van der Waals surface area contributed by atoms with Crippen molar-refractivity contribution in [2.24, 2.45) is 11.8 Å². The first-order valence-corrected chi connectivity index (χ1v) is 12.5. The van der Waals surface area contributed by atoms with Gasteiger partial charge in [-0.2, -0.15) is 0 Å². The number of hydrogen-bond acceptors (Lipinski definition) is 4. The lowest BCUT2D eigenvalue weighted by Crippen LogP contribution is -2.42. The van der Waals surface area contributed by atoms with Gasteiger partial charge in [-0.25, -0.2) is 4.79 Å². The lowest BCUT2D eigenvalue weighted by molar-refractivity contribution is -0.137. The van der Waals surface area contributed by atoms with E-state index in [4.69, 9.17) is 9.84 Å². The van der Waals surface area contributed by atoms with Crippen molar-refractivity contribution in [2.75, 3.05) is 13.2 Å². The molecule has 0 spiro atoms. The first-order valence-electron chi connectivity index (χ1n) is 12.5. The molecular formula is C28H34N2O5. The summed E-state index contributed by atoms with van der Waals surface area (Å²) in [5.41, 5.74) is 4.67. The molecule has 0 saturated heterocycles. The third-order valence-corrected chi connectivity index (χ3v) is 6.94. The number of ether oxygens (including phenoxy) is 1. The highest BCUT2D eigenvalue weighted by molar-refractivity contribution is 5.80. The van der Waals surface area contributed by atoms with E-state index in [-0.39, 0.29) is 43.4 Å². The number of benzene rings is 2. The molecule has 0 aromatic heterocycles. The van der Waals surface area contributed by atoms with Crippen LogP contribution in [-0.4, -0.2) is 42.3 Å². The van der Waals surface area contributed by atoms with Crippen LogP contribution in [0, 0.1) is 11.8 Å². The summed E-state index contributed by atoms with van der Waals surface area (Å²) in [6.07, 6.45) is 3.66. The maximum absolute atomic E-state index is 12.8. The van der Waals surface area contributed by atoms with Crippen LogP contribution in [0.2, 0.25) is 0 Å². The smallest absolute Gasteiger partial charge is 0.407 e. The number of nitrogens with one attached hydrogen (secondary N) is 2. The summed E-state index contributed by atoms with van der Waals surface area (Å²) in [6.45, 7) is 2.34. The number of fused-ring (bicyclic) bond motifs is 3. The van der Waals surface area contributed by atoms with Gasteiger partial charge >= 0.3 is 12.1 Å². The van der Waals surface area contributed by atoms with Gasteiger partial charge in [0.2, 0.25) is 5.91 Å². The zero-order chi connectivity index (χ0) is 24.8. The summed E-state index contributed by atoms with van der Waals surface area (Å²) >= 11 is 0. The Morgan fingerprint density at radius 3 is 2.26 bits per heavy atom. The van der Waals surface area contributed by atoms with E-state index in [2.05, 4.69) is 34.9 Å². The normalized spacial score (nSPS) is 16.0. The third kappa shape index (κ3) is 6.62. The number of aliphatic carboxylic acids is 1. The average Bonchev–Trinajstić information content (AvgIpc) is 3.60. The second kappa shape index (κ2) is 11.4. The van der Waals surface area contributed by atoms with Crippen LogP contribution in [-0.2, 0) is 14.3 Å². The Balaban J connectivity index is 1.28. The summed E-state index contributed by atoms with van der Waals surface area (Å²) in [5, 5.41) is 14.6. The van der Waals surface area contributed by atoms with Crippen molar-refractivity contribution >= 4 is 18.0 Å². The first kappa shape index (κ1) is 24.8. The van der Waals surface area contributed by atoms with Crippen molar-refractivity contribution in [1.29, 1.82) is 0 Å². The predicted octanol–water partition coefficient (Wildman–Crippen LogP) is 4.70. The fraction of sp³-hybridized carbons (Fsp3) is 0.464. The number of carboxylic acids is 1. The van der Waals surface area contributed by atoms with Crippen molar-refractivity contribution in [3.05, 3.63) is 59.7 Å². The molecule has 0 aliphatic heterocycles. The number of hydrogen-bond donors (Lipinski definition) is 3. The minimum absolute atomic E-state index is 0.00892. The predicted molar refractivity (Wildman–Crippen MR) is 133 cm³/mol. The van der Waals surface area contributed by atoms with Crippen molar-refractivity contribution in [2.45, 2.75) is 57.4 Å². The van der Waals surface area contributed by atoms with E-state index in [9.17, 15) is 14.4 Å². The maximum Gasteiger partial charge on any atom is 0.407 e. The molecule has 2 aromatic rings. The lowest BCUT2D eigenvalue weighted by atomic mass is 9.98. The molecule has 0 bridgehead atoms. The molecule has 4 rings (SSSR count). The Bertz CT molecular complexity index is 1020. The molecule has 2 aliphatic rings. The number of amides is 2. The second-order valence-corrected chi connectivity index (χ2v) is 9.78. The Morgan fingerprint density at radius 2 is 1.66 bits per heavy atom. The van der Waals surface area contributed by atoms with Crippen LogP contribution in [0.15, 0.2) is 48.5 Å².